The number of nitrogens with one attached hydrogen (secondary N) is 1. The van der Waals surface area contributed by atoms with Crippen molar-refractivity contribution in [2.45, 2.75) is 12.5 Å². The summed E-state index contributed by atoms with van der Waals surface area (Å²) in [6.07, 6.45) is 0. The number of aliphatic hydroxyl groups excluding tert-OH is 1. The number of hydrogen-bond donors (Lipinski definition) is 2. The van der Waals surface area contributed by atoms with Gasteiger partial charge in [-0.3, -0.25) is 0 Å². The van der Waals surface area contributed by atoms with Crippen LogP contribution in [0.4, 0.5) is 5.69 Å². The van der Waals surface area contributed by atoms with Crippen molar-refractivity contribution < 1.29 is 14.6 Å². The summed E-state index contributed by atoms with van der Waals surface area (Å²) in [7, 11) is 3.25. The molecule has 4 nitrogen and oxygen atoms in total. The molecule has 112 valence electrons. The van der Waals surface area contributed by atoms with Crippen LogP contribution in [0.3, 0.4) is 0 Å². The molecule has 0 bridgehead atoms. The van der Waals surface area contributed by atoms with Crippen LogP contribution in [0.25, 0.3) is 0 Å². The van der Waals surface area contributed by atoms with E-state index in [0.717, 1.165) is 22.7 Å². The molecule has 2 aromatic rings. The fraction of sp³-hybridized carbons (Fsp3) is 0.294. The van der Waals surface area contributed by atoms with Crippen molar-refractivity contribution in [3.8, 4) is 11.5 Å². The molecular weight excluding hydrogens is 266 g/mol. The first kappa shape index (κ1) is 15.2. The van der Waals surface area contributed by atoms with Crippen LogP contribution in [0, 0.1) is 0 Å². The number of methoxy groups -OCH3 is 2. The first-order valence-electron chi connectivity index (χ1n) is 6.80. The molecule has 0 amide bonds. The van der Waals surface area contributed by atoms with Crippen molar-refractivity contribution in [2.24, 2.45) is 0 Å². The van der Waals surface area contributed by atoms with Crippen LogP contribution < -0.4 is 14.8 Å². The fourth-order valence-electron chi connectivity index (χ4n) is 2.34. The third-order valence-corrected chi connectivity index (χ3v) is 3.54. The van der Waals surface area contributed by atoms with Gasteiger partial charge >= 0.3 is 0 Å². The minimum atomic E-state index is -0.679. The van der Waals surface area contributed by atoms with Gasteiger partial charge in [-0.2, -0.15) is 0 Å². The van der Waals surface area contributed by atoms with Crippen LogP contribution in [0.2, 0.25) is 0 Å². The summed E-state index contributed by atoms with van der Waals surface area (Å²) in [6, 6.07) is 15.3. The predicted octanol–water partition coefficient (Wildman–Crippen LogP) is 3.02. The average molecular weight is 287 g/mol. The standard InChI is InChI=1S/C17H21NO3/c1-17(12-19,13-8-4-6-10-15(13)20-2)18-14-9-5-7-11-16(14)21-3/h4-11,18-19H,12H2,1-3H3. The monoisotopic (exact) mass is 287 g/mol. The zero-order valence-corrected chi connectivity index (χ0v) is 12.6. The highest BCUT2D eigenvalue weighted by molar-refractivity contribution is 5.59. The largest absolute Gasteiger partial charge is 0.496 e. The summed E-state index contributed by atoms with van der Waals surface area (Å²) in [6.45, 7) is 1.85. The second-order valence-corrected chi connectivity index (χ2v) is 5.02. The third kappa shape index (κ3) is 3.11. The molecule has 0 aliphatic carbocycles. The number of rotatable bonds is 6. The zero-order valence-electron chi connectivity index (χ0n) is 12.6. The van der Waals surface area contributed by atoms with Crippen LogP contribution in [-0.2, 0) is 5.54 Å². The Morgan fingerprint density at radius 2 is 1.52 bits per heavy atom. The highest BCUT2D eigenvalue weighted by atomic mass is 16.5. The molecule has 0 aromatic heterocycles. The minimum Gasteiger partial charge on any atom is -0.496 e. The van der Waals surface area contributed by atoms with Crippen molar-refractivity contribution in [2.75, 3.05) is 26.1 Å². The molecule has 2 N–H and O–H groups in total. The van der Waals surface area contributed by atoms with Gasteiger partial charge < -0.3 is 19.9 Å². The lowest BCUT2D eigenvalue weighted by Gasteiger charge is -2.32. The Bertz CT molecular complexity index is 600. The van der Waals surface area contributed by atoms with Gasteiger partial charge in [0.15, 0.2) is 0 Å². The van der Waals surface area contributed by atoms with Gasteiger partial charge in [-0.15, -0.1) is 0 Å². The molecule has 0 heterocycles. The van der Waals surface area contributed by atoms with E-state index < -0.39 is 5.54 Å². The Morgan fingerprint density at radius 1 is 0.952 bits per heavy atom. The predicted molar refractivity (Wildman–Crippen MR) is 84.0 cm³/mol. The second kappa shape index (κ2) is 6.50. The van der Waals surface area contributed by atoms with Gasteiger partial charge in [0.1, 0.15) is 11.5 Å². The zero-order chi connectivity index (χ0) is 15.3. The van der Waals surface area contributed by atoms with E-state index in [1.807, 2.05) is 55.5 Å². The molecule has 0 aliphatic rings. The third-order valence-electron chi connectivity index (χ3n) is 3.54. The maximum Gasteiger partial charge on any atom is 0.141 e. The summed E-state index contributed by atoms with van der Waals surface area (Å²) in [5.74, 6) is 1.46. The van der Waals surface area contributed by atoms with E-state index in [-0.39, 0.29) is 6.61 Å². The van der Waals surface area contributed by atoms with Crippen LogP contribution in [0.15, 0.2) is 48.5 Å². The molecular formula is C17H21NO3. The Hall–Kier alpha value is -2.20. The number of hydrogen-bond acceptors (Lipinski definition) is 4. The van der Waals surface area contributed by atoms with Crippen molar-refractivity contribution in [1.82, 2.24) is 0 Å². The normalized spacial score (nSPS) is 13.3. The van der Waals surface area contributed by atoms with Crippen molar-refractivity contribution in [3.05, 3.63) is 54.1 Å². The number of aliphatic hydroxyl groups is 1. The van der Waals surface area contributed by atoms with E-state index in [1.54, 1.807) is 14.2 Å². The molecule has 0 saturated carbocycles. The number of para-hydroxylation sites is 3. The van der Waals surface area contributed by atoms with E-state index in [1.165, 1.54) is 0 Å². The Balaban J connectivity index is 2.42. The van der Waals surface area contributed by atoms with Gasteiger partial charge in [-0.05, 0) is 25.1 Å². The quantitative estimate of drug-likeness (QED) is 0.857. The molecule has 2 rings (SSSR count). The molecule has 0 saturated heterocycles. The van der Waals surface area contributed by atoms with Crippen LogP contribution in [0.5, 0.6) is 11.5 Å². The second-order valence-electron chi connectivity index (χ2n) is 5.02. The van der Waals surface area contributed by atoms with E-state index in [4.69, 9.17) is 9.47 Å². The highest BCUT2D eigenvalue weighted by Crippen LogP contribution is 2.35. The maximum atomic E-state index is 9.92. The van der Waals surface area contributed by atoms with E-state index in [2.05, 4.69) is 5.32 Å². The van der Waals surface area contributed by atoms with Gasteiger partial charge in [-0.25, -0.2) is 0 Å². The van der Waals surface area contributed by atoms with Gasteiger partial charge in [0, 0.05) is 5.56 Å². The molecule has 0 aliphatic heterocycles. The van der Waals surface area contributed by atoms with E-state index >= 15 is 0 Å². The van der Waals surface area contributed by atoms with Gasteiger partial charge in [0.05, 0.1) is 32.1 Å². The molecule has 0 fully saturated rings. The fourth-order valence-corrected chi connectivity index (χ4v) is 2.34. The number of benzene rings is 2. The Kier molecular flexibility index (Phi) is 4.70. The first-order valence-corrected chi connectivity index (χ1v) is 6.80. The lowest BCUT2D eigenvalue weighted by atomic mass is 9.91. The van der Waals surface area contributed by atoms with Gasteiger partial charge in [0.25, 0.3) is 0 Å². The van der Waals surface area contributed by atoms with Crippen molar-refractivity contribution >= 4 is 5.69 Å². The summed E-state index contributed by atoms with van der Waals surface area (Å²) in [5, 5.41) is 13.3. The molecule has 0 spiro atoms. The molecule has 4 heteroatoms. The first-order chi connectivity index (χ1) is 10.1. The highest BCUT2D eigenvalue weighted by Gasteiger charge is 2.29. The molecule has 2 aromatic carbocycles. The number of ether oxygens (including phenoxy) is 2. The molecule has 1 atom stereocenters. The Labute approximate surface area is 125 Å². The van der Waals surface area contributed by atoms with Crippen LogP contribution >= 0.6 is 0 Å². The smallest absolute Gasteiger partial charge is 0.141 e. The Morgan fingerprint density at radius 3 is 2.14 bits per heavy atom. The lowest BCUT2D eigenvalue weighted by Crippen LogP contribution is -2.36. The molecule has 21 heavy (non-hydrogen) atoms. The summed E-state index contributed by atoms with van der Waals surface area (Å²) in [4.78, 5) is 0. The molecule has 1 unspecified atom stereocenters. The lowest BCUT2D eigenvalue weighted by molar-refractivity contribution is 0.220. The van der Waals surface area contributed by atoms with Crippen molar-refractivity contribution in [1.29, 1.82) is 0 Å². The topological polar surface area (TPSA) is 50.7 Å². The van der Waals surface area contributed by atoms with Crippen molar-refractivity contribution in [3.63, 3.8) is 0 Å². The summed E-state index contributed by atoms with van der Waals surface area (Å²) in [5.41, 5.74) is 1.03. The SMILES string of the molecule is COc1ccccc1NC(C)(CO)c1ccccc1OC. The van der Waals surface area contributed by atoms with E-state index in [9.17, 15) is 5.11 Å². The van der Waals surface area contributed by atoms with Crippen LogP contribution in [-0.4, -0.2) is 25.9 Å². The number of anilines is 1. The summed E-state index contributed by atoms with van der Waals surface area (Å²) >= 11 is 0. The van der Waals surface area contributed by atoms with Crippen LogP contribution in [0.1, 0.15) is 12.5 Å². The van der Waals surface area contributed by atoms with Gasteiger partial charge in [0.2, 0.25) is 0 Å². The minimum absolute atomic E-state index is 0.0780. The van der Waals surface area contributed by atoms with Gasteiger partial charge in [-0.1, -0.05) is 30.3 Å². The molecule has 0 radical (unpaired) electrons. The summed E-state index contributed by atoms with van der Waals surface area (Å²) < 4.78 is 10.8. The maximum absolute atomic E-state index is 9.92. The average Bonchev–Trinajstić information content (AvgIpc) is 2.55. The van der Waals surface area contributed by atoms with E-state index in [0.29, 0.717) is 0 Å².